The number of furan rings is 1. The SMILES string of the molecule is CS(=O)(=O)C1(c2ccccc2F)C=CC(c2ccoc2)C=C1. The molecule has 0 fully saturated rings. The second-order valence-electron chi connectivity index (χ2n) is 5.35. The number of halogens is 1. The number of allylic oxidation sites excluding steroid dienone is 2. The van der Waals surface area contributed by atoms with Crippen LogP contribution in [0.1, 0.15) is 17.0 Å². The largest absolute Gasteiger partial charge is 0.472 e. The van der Waals surface area contributed by atoms with Gasteiger partial charge in [0.25, 0.3) is 0 Å². The monoisotopic (exact) mass is 318 g/mol. The first kappa shape index (κ1) is 14.8. The number of sulfone groups is 1. The minimum absolute atomic E-state index is 0.0830. The molecule has 3 nitrogen and oxygen atoms in total. The Morgan fingerprint density at radius 3 is 2.36 bits per heavy atom. The van der Waals surface area contributed by atoms with Crippen LogP contribution in [0.25, 0.3) is 0 Å². The third-order valence-electron chi connectivity index (χ3n) is 3.94. The van der Waals surface area contributed by atoms with Crippen LogP contribution in [0, 0.1) is 5.82 Å². The number of rotatable bonds is 3. The lowest BCUT2D eigenvalue weighted by Gasteiger charge is -2.30. The number of hydrogen-bond donors (Lipinski definition) is 0. The van der Waals surface area contributed by atoms with Gasteiger partial charge in [0.2, 0.25) is 0 Å². The van der Waals surface area contributed by atoms with E-state index < -0.39 is 20.4 Å². The lowest BCUT2D eigenvalue weighted by atomic mass is 9.87. The highest BCUT2D eigenvalue weighted by molar-refractivity contribution is 7.92. The van der Waals surface area contributed by atoms with E-state index in [2.05, 4.69) is 0 Å². The summed E-state index contributed by atoms with van der Waals surface area (Å²) in [5, 5.41) is 0. The highest BCUT2D eigenvalue weighted by Crippen LogP contribution is 2.40. The summed E-state index contributed by atoms with van der Waals surface area (Å²) in [5.41, 5.74) is 1.05. The molecule has 1 aliphatic carbocycles. The van der Waals surface area contributed by atoms with Gasteiger partial charge in [-0.05, 0) is 12.1 Å². The zero-order valence-corrected chi connectivity index (χ0v) is 12.8. The van der Waals surface area contributed by atoms with Crippen molar-refractivity contribution in [3.63, 3.8) is 0 Å². The summed E-state index contributed by atoms with van der Waals surface area (Å²) in [6.45, 7) is 0. The van der Waals surface area contributed by atoms with E-state index in [-0.39, 0.29) is 11.5 Å². The molecule has 0 spiro atoms. The van der Waals surface area contributed by atoms with Crippen molar-refractivity contribution < 1.29 is 17.2 Å². The van der Waals surface area contributed by atoms with Gasteiger partial charge in [-0.3, -0.25) is 0 Å². The number of benzene rings is 1. The molecule has 1 aromatic heterocycles. The van der Waals surface area contributed by atoms with Crippen molar-refractivity contribution in [1.82, 2.24) is 0 Å². The van der Waals surface area contributed by atoms with Crippen LogP contribution in [0.15, 0.2) is 71.6 Å². The molecule has 5 heteroatoms. The predicted molar refractivity (Wildman–Crippen MR) is 82.7 cm³/mol. The fourth-order valence-corrected chi connectivity index (χ4v) is 3.92. The highest BCUT2D eigenvalue weighted by Gasteiger charge is 2.41. The van der Waals surface area contributed by atoms with Crippen molar-refractivity contribution in [2.24, 2.45) is 0 Å². The van der Waals surface area contributed by atoms with Gasteiger partial charge in [-0.1, -0.05) is 42.5 Å². The topological polar surface area (TPSA) is 47.3 Å². The third kappa shape index (κ3) is 2.31. The molecule has 0 aliphatic heterocycles. The quantitative estimate of drug-likeness (QED) is 0.813. The lowest BCUT2D eigenvalue weighted by Crippen LogP contribution is -2.33. The molecule has 0 amide bonds. The van der Waals surface area contributed by atoms with E-state index in [1.807, 2.05) is 6.07 Å². The van der Waals surface area contributed by atoms with Gasteiger partial charge in [-0.2, -0.15) is 0 Å². The van der Waals surface area contributed by atoms with Crippen molar-refractivity contribution in [3.8, 4) is 0 Å². The van der Waals surface area contributed by atoms with Crippen molar-refractivity contribution in [1.29, 1.82) is 0 Å². The average Bonchev–Trinajstić information content (AvgIpc) is 3.01. The van der Waals surface area contributed by atoms with Crippen molar-refractivity contribution >= 4 is 9.84 Å². The summed E-state index contributed by atoms with van der Waals surface area (Å²) in [5.74, 6) is -0.621. The Balaban J connectivity index is 2.11. The molecule has 2 aromatic rings. The minimum atomic E-state index is -3.59. The van der Waals surface area contributed by atoms with Gasteiger partial charge in [0.15, 0.2) is 9.84 Å². The van der Waals surface area contributed by atoms with Gasteiger partial charge < -0.3 is 4.42 Å². The van der Waals surface area contributed by atoms with Gasteiger partial charge in [0, 0.05) is 23.3 Å². The molecule has 0 bridgehead atoms. The van der Waals surface area contributed by atoms with Crippen LogP contribution >= 0.6 is 0 Å². The van der Waals surface area contributed by atoms with Gasteiger partial charge >= 0.3 is 0 Å². The molecular weight excluding hydrogens is 303 g/mol. The molecule has 22 heavy (non-hydrogen) atoms. The minimum Gasteiger partial charge on any atom is -0.472 e. The summed E-state index contributed by atoms with van der Waals surface area (Å²) in [7, 11) is -3.59. The van der Waals surface area contributed by atoms with Gasteiger partial charge in [0.05, 0.1) is 12.5 Å². The van der Waals surface area contributed by atoms with Gasteiger partial charge in [-0.25, -0.2) is 12.8 Å². The van der Waals surface area contributed by atoms with E-state index in [0.29, 0.717) is 0 Å². The zero-order valence-electron chi connectivity index (χ0n) is 11.9. The summed E-state index contributed by atoms with van der Waals surface area (Å²) in [6.07, 6.45) is 10.9. The Morgan fingerprint density at radius 1 is 1.14 bits per heavy atom. The smallest absolute Gasteiger partial charge is 0.164 e. The summed E-state index contributed by atoms with van der Waals surface area (Å²) >= 11 is 0. The molecule has 1 heterocycles. The van der Waals surface area contributed by atoms with Crippen LogP contribution in [0.3, 0.4) is 0 Å². The Morgan fingerprint density at radius 2 is 1.82 bits per heavy atom. The first-order valence-electron chi connectivity index (χ1n) is 6.79. The standard InChI is InChI=1S/C17H15FO3S/c1-22(19,20)17(15-4-2-3-5-16(15)18)9-6-13(7-10-17)14-8-11-21-12-14/h2-13H,1H3. The van der Waals surface area contributed by atoms with E-state index in [9.17, 15) is 12.8 Å². The molecule has 1 aliphatic rings. The molecule has 0 unspecified atom stereocenters. The van der Waals surface area contributed by atoms with Crippen LogP contribution in [0.2, 0.25) is 0 Å². The van der Waals surface area contributed by atoms with Gasteiger partial charge in [0.1, 0.15) is 10.6 Å². The summed E-state index contributed by atoms with van der Waals surface area (Å²) < 4.78 is 42.5. The number of hydrogen-bond acceptors (Lipinski definition) is 3. The molecule has 0 saturated carbocycles. The maximum Gasteiger partial charge on any atom is 0.164 e. The van der Waals surface area contributed by atoms with Crippen LogP contribution in [-0.2, 0) is 14.6 Å². The Kier molecular flexibility index (Phi) is 3.53. The highest BCUT2D eigenvalue weighted by atomic mass is 32.2. The molecule has 0 atom stereocenters. The fourth-order valence-electron chi connectivity index (χ4n) is 2.70. The second kappa shape index (κ2) is 5.25. The summed E-state index contributed by atoms with van der Waals surface area (Å²) in [6, 6.07) is 7.76. The zero-order chi connectivity index (χ0) is 15.8. The van der Waals surface area contributed by atoms with Crippen LogP contribution in [0.4, 0.5) is 4.39 Å². The van der Waals surface area contributed by atoms with Gasteiger partial charge in [-0.15, -0.1) is 0 Å². The van der Waals surface area contributed by atoms with E-state index in [4.69, 9.17) is 4.42 Å². The van der Waals surface area contributed by atoms with E-state index in [1.165, 1.54) is 12.1 Å². The molecule has 114 valence electrons. The van der Waals surface area contributed by atoms with Crippen molar-refractivity contribution in [2.75, 3.05) is 6.26 Å². The molecule has 3 rings (SSSR count). The normalized spacial score (nSPS) is 24.5. The molecular formula is C17H15FO3S. The first-order valence-corrected chi connectivity index (χ1v) is 8.68. The maximum absolute atomic E-state index is 14.2. The van der Waals surface area contributed by atoms with E-state index in [0.717, 1.165) is 11.8 Å². The van der Waals surface area contributed by atoms with Crippen molar-refractivity contribution in [3.05, 3.63) is 84.1 Å². The van der Waals surface area contributed by atoms with Crippen LogP contribution < -0.4 is 0 Å². The van der Waals surface area contributed by atoms with E-state index >= 15 is 0 Å². The summed E-state index contributed by atoms with van der Waals surface area (Å²) in [4.78, 5) is 0. The fraction of sp³-hybridized carbons (Fsp3) is 0.176. The second-order valence-corrected chi connectivity index (χ2v) is 7.57. The molecule has 0 saturated heterocycles. The van der Waals surface area contributed by atoms with Crippen LogP contribution in [-0.4, -0.2) is 14.7 Å². The third-order valence-corrected chi connectivity index (χ3v) is 5.66. The van der Waals surface area contributed by atoms with Crippen molar-refractivity contribution in [2.45, 2.75) is 10.7 Å². The first-order chi connectivity index (χ1) is 10.4. The molecule has 0 N–H and O–H groups in total. The Bertz CT molecular complexity index is 819. The van der Waals surface area contributed by atoms with Crippen LogP contribution in [0.5, 0.6) is 0 Å². The predicted octanol–water partition coefficient (Wildman–Crippen LogP) is 3.57. The molecule has 0 radical (unpaired) electrons. The Hall–Kier alpha value is -2.14. The van der Waals surface area contributed by atoms with E-state index in [1.54, 1.807) is 49.0 Å². The Labute approximate surface area is 128 Å². The molecule has 1 aromatic carbocycles. The maximum atomic E-state index is 14.2. The average molecular weight is 318 g/mol. The lowest BCUT2D eigenvalue weighted by molar-refractivity contribution is 0.561.